The number of esters is 1. The number of methoxy groups -OCH3 is 2. The van der Waals surface area contributed by atoms with Crippen molar-refractivity contribution >= 4 is 5.97 Å². The molecular formula is C32H32F3N3O5. The van der Waals surface area contributed by atoms with Crippen molar-refractivity contribution in [2.24, 2.45) is 0 Å². The van der Waals surface area contributed by atoms with Crippen molar-refractivity contribution in [3.63, 3.8) is 0 Å². The first kappa shape index (κ1) is 30.0. The SMILES string of the molecule is COC(=O)c1ccc(CNCc2ccc(OCc3c(C4CC4)cnn3-c3ccccc3OC(F)(F)F)cc2C)cc1OC. The summed E-state index contributed by atoms with van der Waals surface area (Å²) >= 11 is 0. The standard InChI is InChI=1S/C32H32F3N3O5/c1-20-14-24(12-11-23(20)17-36-16-21-8-13-25(31(39)41-3)30(15-21)40-2)42-19-28-26(22-9-10-22)18-37-38(28)27-6-4-5-7-29(27)43-32(33,34)35/h4-8,11-15,18,22,36H,9-10,16-17,19H2,1-3H3. The molecule has 1 aliphatic rings. The predicted octanol–water partition coefficient (Wildman–Crippen LogP) is 6.62. The molecule has 4 aromatic rings. The molecular weight excluding hydrogens is 563 g/mol. The van der Waals surface area contributed by atoms with Gasteiger partial charge in [-0.15, -0.1) is 13.2 Å². The summed E-state index contributed by atoms with van der Waals surface area (Å²) in [5, 5.41) is 7.82. The molecule has 226 valence electrons. The average molecular weight is 596 g/mol. The maximum atomic E-state index is 13.1. The molecule has 3 aromatic carbocycles. The number of nitrogens with one attached hydrogen (secondary N) is 1. The van der Waals surface area contributed by atoms with Crippen LogP contribution in [-0.2, 0) is 24.4 Å². The Bertz CT molecular complexity index is 1600. The van der Waals surface area contributed by atoms with Gasteiger partial charge in [0.05, 0.1) is 26.1 Å². The maximum absolute atomic E-state index is 13.1. The van der Waals surface area contributed by atoms with Gasteiger partial charge in [-0.3, -0.25) is 0 Å². The highest BCUT2D eigenvalue weighted by molar-refractivity contribution is 5.92. The van der Waals surface area contributed by atoms with Gasteiger partial charge >= 0.3 is 12.3 Å². The van der Waals surface area contributed by atoms with Crippen molar-refractivity contribution in [2.45, 2.75) is 51.7 Å². The lowest BCUT2D eigenvalue weighted by molar-refractivity contribution is -0.274. The molecule has 1 N–H and O–H groups in total. The Labute approximate surface area is 247 Å². The highest BCUT2D eigenvalue weighted by Gasteiger charge is 2.34. The first-order valence-electron chi connectivity index (χ1n) is 13.8. The largest absolute Gasteiger partial charge is 0.573 e. The molecule has 0 unspecified atom stereocenters. The molecule has 0 aliphatic heterocycles. The molecule has 1 aromatic heterocycles. The second-order valence-corrected chi connectivity index (χ2v) is 10.3. The van der Waals surface area contributed by atoms with E-state index in [1.54, 1.807) is 30.5 Å². The van der Waals surface area contributed by atoms with Crippen molar-refractivity contribution in [3.05, 3.63) is 100 Å². The van der Waals surface area contributed by atoms with E-state index in [4.69, 9.17) is 14.2 Å². The number of ether oxygens (including phenoxy) is 4. The first-order chi connectivity index (χ1) is 20.7. The topological polar surface area (TPSA) is 83.8 Å². The summed E-state index contributed by atoms with van der Waals surface area (Å²) in [6.07, 6.45) is -1.11. The minimum absolute atomic E-state index is 0.132. The van der Waals surface area contributed by atoms with Gasteiger partial charge in [-0.05, 0) is 78.8 Å². The van der Waals surface area contributed by atoms with Crippen molar-refractivity contribution in [1.29, 1.82) is 0 Å². The number of aromatic nitrogens is 2. The van der Waals surface area contributed by atoms with Gasteiger partial charge in [-0.25, -0.2) is 9.48 Å². The van der Waals surface area contributed by atoms with Gasteiger partial charge in [-0.2, -0.15) is 5.10 Å². The molecule has 11 heteroatoms. The number of alkyl halides is 3. The zero-order valence-corrected chi connectivity index (χ0v) is 24.0. The number of para-hydroxylation sites is 2. The molecule has 1 aliphatic carbocycles. The van der Waals surface area contributed by atoms with Crippen molar-refractivity contribution in [2.75, 3.05) is 14.2 Å². The Balaban J connectivity index is 1.25. The minimum Gasteiger partial charge on any atom is -0.496 e. The van der Waals surface area contributed by atoms with Crippen LogP contribution in [0.15, 0.2) is 66.9 Å². The average Bonchev–Trinajstić information content (AvgIpc) is 3.75. The van der Waals surface area contributed by atoms with Gasteiger partial charge < -0.3 is 24.3 Å². The number of carbonyl (C=O) groups is 1. The van der Waals surface area contributed by atoms with Gasteiger partial charge in [-0.1, -0.05) is 24.3 Å². The number of halogens is 3. The van der Waals surface area contributed by atoms with Gasteiger partial charge in [0.25, 0.3) is 0 Å². The van der Waals surface area contributed by atoms with Crippen molar-refractivity contribution in [1.82, 2.24) is 15.1 Å². The molecule has 0 saturated heterocycles. The summed E-state index contributed by atoms with van der Waals surface area (Å²) in [7, 11) is 2.83. The van der Waals surface area contributed by atoms with Crippen LogP contribution in [0.2, 0.25) is 0 Å². The molecule has 5 rings (SSSR count). The van der Waals surface area contributed by atoms with Gasteiger partial charge in [0.2, 0.25) is 0 Å². The molecule has 8 nitrogen and oxygen atoms in total. The monoisotopic (exact) mass is 595 g/mol. The van der Waals surface area contributed by atoms with E-state index >= 15 is 0 Å². The molecule has 0 radical (unpaired) electrons. The number of benzene rings is 3. The Morgan fingerprint density at radius 2 is 1.81 bits per heavy atom. The quantitative estimate of drug-likeness (QED) is 0.184. The van der Waals surface area contributed by atoms with E-state index < -0.39 is 12.3 Å². The molecule has 0 bridgehead atoms. The number of hydrogen-bond donors (Lipinski definition) is 1. The molecule has 1 fully saturated rings. The van der Waals surface area contributed by atoms with Crippen LogP contribution in [0, 0.1) is 6.92 Å². The molecule has 1 saturated carbocycles. The minimum atomic E-state index is -4.82. The number of hydrogen-bond acceptors (Lipinski definition) is 7. The lowest BCUT2D eigenvalue weighted by Gasteiger charge is -2.16. The molecule has 0 atom stereocenters. The molecule has 0 spiro atoms. The Hall–Kier alpha value is -4.51. The highest BCUT2D eigenvalue weighted by atomic mass is 19.4. The van der Waals surface area contributed by atoms with E-state index in [9.17, 15) is 18.0 Å². The predicted molar refractivity (Wildman–Crippen MR) is 153 cm³/mol. The molecule has 0 amide bonds. The second-order valence-electron chi connectivity index (χ2n) is 10.3. The molecule has 1 heterocycles. The number of rotatable bonds is 12. The van der Waals surface area contributed by atoms with Crippen LogP contribution < -0.4 is 19.5 Å². The summed E-state index contributed by atoms with van der Waals surface area (Å²) in [5.74, 6) is 0.620. The number of carbonyl (C=O) groups excluding carboxylic acids is 1. The van der Waals surface area contributed by atoms with E-state index in [2.05, 4.69) is 15.2 Å². The third kappa shape index (κ3) is 7.29. The summed E-state index contributed by atoms with van der Waals surface area (Å²) < 4.78 is 61.2. The van der Waals surface area contributed by atoms with Crippen LogP contribution in [-0.4, -0.2) is 36.3 Å². The van der Waals surface area contributed by atoms with Crippen LogP contribution in [0.25, 0.3) is 5.69 Å². The first-order valence-corrected chi connectivity index (χ1v) is 13.8. The Morgan fingerprint density at radius 1 is 1.02 bits per heavy atom. The van der Waals surface area contributed by atoms with Gasteiger partial charge in [0, 0.05) is 18.7 Å². The third-order valence-corrected chi connectivity index (χ3v) is 7.24. The highest BCUT2D eigenvalue weighted by Crippen LogP contribution is 2.43. The van der Waals surface area contributed by atoms with Gasteiger partial charge in [0.15, 0.2) is 5.75 Å². The van der Waals surface area contributed by atoms with Gasteiger partial charge in [0.1, 0.15) is 29.4 Å². The summed E-state index contributed by atoms with van der Waals surface area (Å²) in [5.41, 5.74) is 5.27. The summed E-state index contributed by atoms with van der Waals surface area (Å²) in [6.45, 7) is 3.28. The van der Waals surface area contributed by atoms with Crippen LogP contribution in [0.1, 0.15) is 57.1 Å². The fourth-order valence-corrected chi connectivity index (χ4v) is 4.89. The van der Waals surface area contributed by atoms with E-state index in [1.807, 2.05) is 31.2 Å². The third-order valence-electron chi connectivity index (χ3n) is 7.24. The van der Waals surface area contributed by atoms with Crippen LogP contribution >= 0.6 is 0 Å². The van der Waals surface area contributed by atoms with Crippen LogP contribution in [0.5, 0.6) is 17.2 Å². The van der Waals surface area contributed by atoms with Crippen LogP contribution in [0.4, 0.5) is 13.2 Å². The van der Waals surface area contributed by atoms with E-state index in [-0.39, 0.29) is 18.0 Å². The fourth-order valence-electron chi connectivity index (χ4n) is 4.89. The Kier molecular flexibility index (Phi) is 8.91. The zero-order valence-electron chi connectivity index (χ0n) is 24.0. The fraction of sp³-hybridized carbons (Fsp3) is 0.312. The van der Waals surface area contributed by atoms with E-state index in [0.29, 0.717) is 41.8 Å². The van der Waals surface area contributed by atoms with E-state index in [0.717, 1.165) is 35.1 Å². The number of aryl methyl sites for hydroxylation is 1. The van der Waals surface area contributed by atoms with Crippen molar-refractivity contribution < 1.29 is 36.9 Å². The summed E-state index contributed by atoms with van der Waals surface area (Å²) in [6, 6.07) is 17.1. The number of nitrogens with zero attached hydrogens (tertiary/aromatic N) is 2. The lowest BCUT2D eigenvalue weighted by atomic mass is 10.1. The lowest BCUT2D eigenvalue weighted by Crippen LogP contribution is -2.19. The second kappa shape index (κ2) is 12.8. The maximum Gasteiger partial charge on any atom is 0.573 e. The smallest absolute Gasteiger partial charge is 0.496 e. The van der Waals surface area contributed by atoms with Crippen molar-refractivity contribution in [3.8, 4) is 22.9 Å². The van der Waals surface area contributed by atoms with E-state index in [1.165, 1.54) is 31.0 Å². The van der Waals surface area contributed by atoms with Crippen LogP contribution in [0.3, 0.4) is 0 Å². The molecule has 43 heavy (non-hydrogen) atoms. The Morgan fingerprint density at radius 3 is 2.51 bits per heavy atom. The normalized spacial score (nSPS) is 13.1. The summed E-state index contributed by atoms with van der Waals surface area (Å²) in [4.78, 5) is 11.9. The zero-order chi connectivity index (χ0) is 30.6.